The van der Waals surface area contributed by atoms with Gasteiger partial charge in [-0.15, -0.1) is 0 Å². The van der Waals surface area contributed by atoms with E-state index in [9.17, 15) is 13.2 Å². The van der Waals surface area contributed by atoms with E-state index in [1.54, 1.807) is 0 Å². The Morgan fingerprint density at radius 1 is 1.21 bits per heavy atom. The fraction of sp³-hybridized carbons (Fsp3) is 0.581. The Bertz CT molecular complexity index is 1450. The zero-order valence-electron chi connectivity index (χ0n) is 24.9. The number of anilines is 1. The van der Waals surface area contributed by atoms with Crippen molar-refractivity contribution >= 4 is 32.8 Å². The highest BCUT2D eigenvalue weighted by Gasteiger charge is 2.43. The van der Waals surface area contributed by atoms with Crippen molar-refractivity contribution in [2.45, 2.75) is 70.1 Å². The summed E-state index contributed by atoms with van der Waals surface area (Å²) in [5, 5.41) is 3.04. The van der Waals surface area contributed by atoms with Gasteiger partial charge >= 0.3 is 5.91 Å². The Kier molecular flexibility index (Phi) is 9.18. The summed E-state index contributed by atoms with van der Waals surface area (Å²) < 4.78 is 30.7. The molecule has 2 aromatic rings. The number of likely N-dealkylation sites (tertiary alicyclic amines) is 1. The van der Waals surface area contributed by atoms with Gasteiger partial charge in [0.15, 0.2) is 9.84 Å². The number of ether oxygens (including phenoxy) is 1. The third-order valence-electron chi connectivity index (χ3n) is 9.19. The highest BCUT2D eigenvalue weighted by Crippen LogP contribution is 2.44. The second-order valence-corrected chi connectivity index (χ2v) is 14.3. The highest BCUT2D eigenvalue weighted by atomic mass is 32.2. The van der Waals surface area contributed by atoms with E-state index in [0.717, 1.165) is 55.3 Å². The summed E-state index contributed by atoms with van der Waals surface area (Å²) in [5.74, 6) is 0.365. The van der Waals surface area contributed by atoms with Gasteiger partial charge in [0.1, 0.15) is 0 Å². The Labute approximate surface area is 249 Å². The van der Waals surface area contributed by atoms with Gasteiger partial charge in [-0.3, -0.25) is 14.7 Å². The number of aromatic amines is 1. The van der Waals surface area contributed by atoms with Gasteiger partial charge in [-0.1, -0.05) is 18.7 Å². The summed E-state index contributed by atoms with van der Waals surface area (Å²) >= 11 is 0. The molecule has 1 amide bonds. The highest BCUT2D eigenvalue weighted by molar-refractivity contribution is 7.91. The van der Waals surface area contributed by atoms with Crippen LogP contribution in [0.1, 0.15) is 74.1 Å². The fourth-order valence-corrected chi connectivity index (χ4v) is 7.77. The Balaban J connectivity index is 1.44. The summed E-state index contributed by atoms with van der Waals surface area (Å²) in [4.78, 5) is 27.8. The van der Waals surface area contributed by atoms with Gasteiger partial charge in [-0.2, -0.15) is 0 Å². The molecule has 1 aromatic carbocycles. The van der Waals surface area contributed by atoms with Crippen molar-refractivity contribution in [3.8, 4) is 0 Å². The summed E-state index contributed by atoms with van der Waals surface area (Å²) in [6.45, 7) is 13.9. The molecule has 3 heterocycles. The molecule has 226 valence electrons. The van der Waals surface area contributed by atoms with E-state index >= 15 is 0 Å². The topological polar surface area (TPSA) is 112 Å². The van der Waals surface area contributed by atoms with Crippen LogP contribution in [-0.4, -0.2) is 91.0 Å². The number of nitrogens with one attached hydrogen (secondary N) is 2. The molecule has 10 nitrogen and oxygen atoms in total. The molecule has 2 atom stereocenters. The minimum Gasteiger partial charge on any atom is -0.369 e. The Morgan fingerprint density at radius 3 is 2.60 bits per heavy atom. The van der Waals surface area contributed by atoms with E-state index < -0.39 is 15.4 Å². The Hall–Kier alpha value is -3.04. The van der Waals surface area contributed by atoms with Crippen molar-refractivity contribution in [3.05, 3.63) is 58.8 Å². The number of sulfone groups is 1. The number of nitrogens with zero attached hydrogens (tertiary/aromatic N) is 4. The van der Waals surface area contributed by atoms with Crippen molar-refractivity contribution in [2.24, 2.45) is 0 Å². The number of carbonyl (C=O) groups excluding carboxylic acids is 1. The maximum Gasteiger partial charge on any atom is 0.314 e. The SMILES string of the molecule is [C-]#[N+]c1cnc(C(=O)Nc2ccc(C3(OCCN4CCS(=O)(=O)CC4)CC(C)N(C)C(C)C3)cc2C2=CCCCC2)[nH]1. The summed E-state index contributed by atoms with van der Waals surface area (Å²) in [5.41, 5.74) is 3.53. The van der Waals surface area contributed by atoms with Crippen LogP contribution < -0.4 is 5.32 Å². The summed E-state index contributed by atoms with van der Waals surface area (Å²) in [6.07, 6.45) is 9.51. The molecule has 2 aliphatic heterocycles. The molecule has 11 heteroatoms. The number of piperidine rings is 1. The molecule has 2 saturated heterocycles. The monoisotopic (exact) mass is 594 g/mol. The predicted octanol–water partition coefficient (Wildman–Crippen LogP) is 4.62. The molecular formula is C31H42N6O4S. The average Bonchev–Trinajstić information content (AvgIpc) is 3.47. The van der Waals surface area contributed by atoms with Crippen LogP contribution >= 0.6 is 0 Å². The van der Waals surface area contributed by atoms with E-state index in [1.807, 2.05) is 6.07 Å². The minimum atomic E-state index is -2.93. The van der Waals surface area contributed by atoms with E-state index in [4.69, 9.17) is 11.3 Å². The molecule has 1 aliphatic carbocycles. The number of hydrogen-bond donors (Lipinski definition) is 2. The number of benzene rings is 1. The van der Waals surface area contributed by atoms with Crippen molar-refractivity contribution in [2.75, 3.05) is 50.1 Å². The van der Waals surface area contributed by atoms with Gasteiger partial charge in [-0.05, 0) is 82.7 Å². The van der Waals surface area contributed by atoms with Crippen LogP contribution in [0.4, 0.5) is 11.5 Å². The first-order valence-corrected chi connectivity index (χ1v) is 16.8. The molecule has 5 rings (SSSR count). The number of rotatable bonds is 8. The molecule has 42 heavy (non-hydrogen) atoms. The lowest BCUT2D eigenvalue weighted by molar-refractivity contribution is -0.118. The number of carbonyl (C=O) groups is 1. The molecule has 3 aliphatic rings. The number of H-pyrrole nitrogens is 1. The van der Waals surface area contributed by atoms with Crippen molar-refractivity contribution in [3.63, 3.8) is 0 Å². The van der Waals surface area contributed by atoms with Crippen molar-refractivity contribution in [1.82, 2.24) is 19.8 Å². The van der Waals surface area contributed by atoms with Crippen LogP contribution in [0.15, 0.2) is 30.5 Å². The maximum absolute atomic E-state index is 13.1. The zero-order valence-corrected chi connectivity index (χ0v) is 25.7. The number of hydrogen-bond acceptors (Lipinski definition) is 7. The first kappa shape index (κ1) is 30.4. The van der Waals surface area contributed by atoms with E-state index in [-0.39, 0.29) is 29.1 Å². The van der Waals surface area contributed by atoms with Gasteiger partial charge in [0.05, 0.1) is 29.9 Å². The lowest BCUT2D eigenvalue weighted by Gasteiger charge is -2.48. The molecule has 0 spiro atoms. The van der Waals surface area contributed by atoms with Gasteiger partial charge in [-0.25, -0.2) is 13.4 Å². The van der Waals surface area contributed by atoms with Crippen LogP contribution in [0, 0.1) is 6.57 Å². The molecule has 1 aromatic heterocycles. The number of imidazole rings is 1. The van der Waals surface area contributed by atoms with Crippen molar-refractivity contribution in [1.29, 1.82) is 0 Å². The molecule has 0 radical (unpaired) electrons. The van der Waals surface area contributed by atoms with Crippen LogP contribution in [0.25, 0.3) is 10.4 Å². The maximum atomic E-state index is 13.1. The van der Waals surface area contributed by atoms with Crippen molar-refractivity contribution < 1.29 is 17.9 Å². The first-order chi connectivity index (χ1) is 20.1. The smallest absolute Gasteiger partial charge is 0.314 e. The number of amides is 1. The fourth-order valence-electron chi connectivity index (χ4n) is 6.49. The van der Waals surface area contributed by atoms with Gasteiger partial charge < -0.3 is 19.8 Å². The second kappa shape index (κ2) is 12.7. The predicted molar refractivity (Wildman–Crippen MR) is 164 cm³/mol. The van der Waals surface area contributed by atoms with Crippen LogP contribution in [-0.2, 0) is 20.2 Å². The molecule has 2 unspecified atom stereocenters. The van der Waals surface area contributed by atoms with E-state index in [0.29, 0.717) is 38.3 Å². The van der Waals surface area contributed by atoms with Gasteiger partial charge in [0.25, 0.3) is 5.82 Å². The molecule has 2 fully saturated rings. The number of aromatic nitrogens is 2. The Morgan fingerprint density at radius 2 is 1.95 bits per heavy atom. The normalized spacial score (nSPS) is 26.8. The standard InChI is InChI=1S/C31H42N6O4S/c1-22-19-31(20-23(2)36(22)4,41-15-12-37-13-16-42(39,40)17-14-37)25-10-11-27(26(18-25)24-8-6-5-7-9-24)34-30(38)29-33-21-28(32-3)35-29/h8,10-11,18,21-23H,5-7,9,12-17,19-20H2,1-2,4H3,(H,33,35)(H,34,38). The molecule has 2 N–H and O–H groups in total. The quantitative estimate of drug-likeness (QED) is 0.429. The van der Waals surface area contributed by atoms with E-state index in [1.165, 1.54) is 11.8 Å². The summed E-state index contributed by atoms with van der Waals surface area (Å²) in [7, 11) is -0.760. The average molecular weight is 595 g/mol. The van der Waals surface area contributed by atoms with Gasteiger partial charge in [0, 0.05) is 43.0 Å². The minimum absolute atomic E-state index is 0.108. The summed E-state index contributed by atoms with van der Waals surface area (Å²) in [6, 6.07) is 6.87. The molecule has 0 saturated carbocycles. The first-order valence-electron chi connectivity index (χ1n) is 15.0. The van der Waals surface area contributed by atoms with Crippen LogP contribution in [0.5, 0.6) is 0 Å². The molecule has 0 bridgehead atoms. The van der Waals surface area contributed by atoms with Gasteiger partial charge in [0.2, 0.25) is 5.82 Å². The van der Waals surface area contributed by atoms with Crippen LogP contribution in [0.3, 0.4) is 0 Å². The largest absolute Gasteiger partial charge is 0.369 e. The number of allylic oxidation sites excluding steroid dienone is 2. The van der Waals surface area contributed by atoms with E-state index in [2.05, 4.69) is 69.0 Å². The lowest BCUT2D eigenvalue weighted by Crippen LogP contribution is -2.52. The third kappa shape index (κ3) is 6.78. The van der Waals surface area contributed by atoms with Crippen LogP contribution in [0.2, 0.25) is 0 Å². The zero-order chi connectivity index (χ0) is 29.9. The third-order valence-corrected chi connectivity index (χ3v) is 10.8. The molecular weight excluding hydrogens is 552 g/mol. The second-order valence-electron chi connectivity index (χ2n) is 12.0. The lowest BCUT2D eigenvalue weighted by atomic mass is 9.77.